The minimum Gasteiger partial charge on any atom is -0.360 e. The summed E-state index contributed by atoms with van der Waals surface area (Å²) in [7, 11) is 0. The molecule has 0 saturated carbocycles. The topological polar surface area (TPSA) is 52.4 Å². The average Bonchev–Trinajstić information content (AvgIpc) is 3.11. The smallest absolute Gasteiger partial charge is 0.276 e. The highest BCUT2D eigenvalue weighted by molar-refractivity contribution is 6.21. The summed E-state index contributed by atoms with van der Waals surface area (Å²) in [5.74, 6) is -0.529. The van der Waals surface area contributed by atoms with Gasteiger partial charge in [0.15, 0.2) is 5.66 Å². The van der Waals surface area contributed by atoms with Crippen molar-refractivity contribution in [2.24, 2.45) is 0 Å². The van der Waals surface area contributed by atoms with E-state index in [1.165, 1.54) is 5.01 Å². The second kappa shape index (κ2) is 4.84. The first-order valence-electron chi connectivity index (χ1n) is 8.93. The van der Waals surface area contributed by atoms with Crippen LogP contribution in [0.4, 0.5) is 5.69 Å². The van der Waals surface area contributed by atoms with Crippen LogP contribution in [0, 0.1) is 0 Å². The number of rotatable bonds is 2. The first-order chi connectivity index (χ1) is 13.2. The van der Waals surface area contributed by atoms with Gasteiger partial charge in [0.05, 0.1) is 11.1 Å². The molecule has 3 unspecified atom stereocenters. The van der Waals surface area contributed by atoms with Crippen molar-refractivity contribution in [1.82, 2.24) is 10.0 Å². The number of amides is 2. The third-order valence-electron chi connectivity index (χ3n) is 5.72. The minimum absolute atomic E-state index is 0.0988. The van der Waals surface area contributed by atoms with E-state index in [-0.39, 0.29) is 17.9 Å². The van der Waals surface area contributed by atoms with Crippen LogP contribution in [0.25, 0.3) is 0 Å². The van der Waals surface area contributed by atoms with E-state index in [1.807, 2.05) is 53.5 Å². The van der Waals surface area contributed by atoms with Crippen LogP contribution in [-0.4, -0.2) is 21.8 Å². The molecule has 0 aliphatic carbocycles. The monoisotopic (exact) mass is 353 g/mol. The molecule has 0 bridgehead atoms. The number of nitrogens with one attached hydrogen (secondary N) is 1. The lowest BCUT2D eigenvalue weighted by Gasteiger charge is -2.25. The standard InChI is InChI=1S/C22H15N3O2/c26-20-15-10-4-5-11-16(15)21(27)24(20)25-19-17-12-6-7-13-18(17)23-22(19,25)14-8-2-1-3-9-14/h1-13,19,23H. The van der Waals surface area contributed by atoms with E-state index in [0.717, 1.165) is 16.8 Å². The Balaban J connectivity index is 1.51. The van der Waals surface area contributed by atoms with Gasteiger partial charge in [-0.3, -0.25) is 9.59 Å². The molecule has 27 heavy (non-hydrogen) atoms. The maximum atomic E-state index is 13.0. The van der Waals surface area contributed by atoms with Crippen LogP contribution in [0.3, 0.4) is 0 Å². The van der Waals surface area contributed by atoms with E-state index >= 15 is 0 Å². The molecule has 1 fully saturated rings. The van der Waals surface area contributed by atoms with Gasteiger partial charge in [-0.1, -0.05) is 60.7 Å². The summed E-state index contributed by atoms with van der Waals surface area (Å²) < 4.78 is 0. The second-order valence-corrected chi connectivity index (χ2v) is 7.06. The van der Waals surface area contributed by atoms with Crippen LogP contribution >= 0.6 is 0 Å². The van der Waals surface area contributed by atoms with E-state index < -0.39 is 5.66 Å². The van der Waals surface area contributed by atoms with Gasteiger partial charge in [-0.2, -0.15) is 10.0 Å². The number of para-hydroxylation sites is 1. The highest BCUT2D eigenvalue weighted by atomic mass is 16.2. The van der Waals surface area contributed by atoms with Crippen molar-refractivity contribution in [2.75, 3.05) is 5.32 Å². The van der Waals surface area contributed by atoms with Gasteiger partial charge in [0.2, 0.25) is 0 Å². The predicted octanol–water partition coefficient (Wildman–Crippen LogP) is 3.53. The predicted molar refractivity (Wildman–Crippen MR) is 99.7 cm³/mol. The van der Waals surface area contributed by atoms with Crippen molar-refractivity contribution in [3.8, 4) is 0 Å². The summed E-state index contributed by atoms with van der Waals surface area (Å²) in [6, 6.07) is 24.9. The third-order valence-corrected chi connectivity index (χ3v) is 5.72. The lowest BCUT2D eigenvalue weighted by atomic mass is 10.0. The Morgan fingerprint density at radius 1 is 0.741 bits per heavy atom. The lowest BCUT2D eigenvalue weighted by molar-refractivity contribution is 0.0296. The SMILES string of the molecule is O=C1c2ccccc2C(=O)N1N1C2c3ccccc3NC21c1ccccc1. The van der Waals surface area contributed by atoms with Crippen LogP contribution in [0.5, 0.6) is 0 Å². The Kier molecular flexibility index (Phi) is 2.63. The molecule has 6 rings (SSSR count). The van der Waals surface area contributed by atoms with Gasteiger partial charge in [0.25, 0.3) is 11.8 Å². The molecule has 130 valence electrons. The molecule has 0 spiro atoms. The molecule has 3 atom stereocenters. The van der Waals surface area contributed by atoms with Crippen LogP contribution in [-0.2, 0) is 5.66 Å². The number of benzene rings is 3. The van der Waals surface area contributed by atoms with Gasteiger partial charge < -0.3 is 5.32 Å². The van der Waals surface area contributed by atoms with Gasteiger partial charge in [-0.05, 0) is 29.3 Å². The molecule has 2 amide bonds. The zero-order valence-electron chi connectivity index (χ0n) is 14.3. The number of hydrazine groups is 1. The molecule has 0 aromatic heterocycles. The fourth-order valence-corrected chi connectivity index (χ4v) is 4.52. The van der Waals surface area contributed by atoms with Gasteiger partial charge in [0.1, 0.15) is 6.04 Å². The summed E-state index contributed by atoms with van der Waals surface area (Å²) in [6.45, 7) is 0. The fourth-order valence-electron chi connectivity index (χ4n) is 4.52. The number of fused-ring (bicyclic) bond motifs is 4. The Morgan fingerprint density at radius 2 is 1.33 bits per heavy atom. The first kappa shape index (κ1) is 14.7. The maximum absolute atomic E-state index is 13.0. The zero-order chi connectivity index (χ0) is 18.2. The number of carbonyl (C=O) groups is 2. The quantitative estimate of drug-likeness (QED) is 0.566. The van der Waals surface area contributed by atoms with Crippen LogP contribution in [0.15, 0.2) is 78.9 Å². The highest BCUT2D eigenvalue weighted by Gasteiger charge is 2.73. The molecule has 5 nitrogen and oxygen atoms in total. The Bertz CT molecular complexity index is 1090. The summed E-state index contributed by atoms with van der Waals surface area (Å²) in [4.78, 5) is 26.1. The Labute approximate surface area is 155 Å². The van der Waals surface area contributed by atoms with Crippen LogP contribution in [0.2, 0.25) is 0 Å². The van der Waals surface area contributed by atoms with Crippen molar-refractivity contribution in [3.05, 3.63) is 101 Å². The van der Waals surface area contributed by atoms with Crippen molar-refractivity contribution in [2.45, 2.75) is 11.7 Å². The minimum atomic E-state index is -0.613. The van der Waals surface area contributed by atoms with E-state index in [2.05, 4.69) is 11.4 Å². The Morgan fingerprint density at radius 3 is 2.04 bits per heavy atom. The fraction of sp³-hybridized carbons (Fsp3) is 0.0909. The van der Waals surface area contributed by atoms with Gasteiger partial charge in [0, 0.05) is 5.69 Å². The lowest BCUT2D eigenvalue weighted by Crippen LogP contribution is -2.41. The molecule has 3 aromatic rings. The number of anilines is 1. The molecule has 0 radical (unpaired) electrons. The molecule has 1 N–H and O–H groups in total. The number of hydrogen-bond donors (Lipinski definition) is 1. The number of carbonyl (C=O) groups excluding carboxylic acids is 2. The average molecular weight is 353 g/mol. The largest absolute Gasteiger partial charge is 0.360 e. The van der Waals surface area contributed by atoms with Crippen molar-refractivity contribution in [1.29, 1.82) is 0 Å². The summed E-state index contributed by atoms with van der Waals surface area (Å²) in [5.41, 5.74) is 3.48. The number of hydrogen-bond acceptors (Lipinski definition) is 4. The van der Waals surface area contributed by atoms with Crippen LogP contribution in [0.1, 0.15) is 37.9 Å². The number of nitrogens with zero attached hydrogens (tertiary/aromatic N) is 2. The third kappa shape index (κ3) is 1.67. The molecule has 3 aromatic carbocycles. The highest BCUT2D eigenvalue weighted by Crippen LogP contribution is 2.67. The van der Waals surface area contributed by atoms with E-state index in [9.17, 15) is 9.59 Å². The number of imide groups is 1. The van der Waals surface area contributed by atoms with E-state index in [0.29, 0.717) is 11.1 Å². The molecule has 5 heteroatoms. The van der Waals surface area contributed by atoms with Crippen LogP contribution < -0.4 is 5.32 Å². The van der Waals surface area contributed by atoms with Crippen molar-refractivity contribution in [3.63, 3.8) is 0 Å². The summed E-state index contributed by atoms with van der Waals surface area (Å²) in [6.07, 6.45) is 0. The van der Waals surface area contributed by atoms with Gasteiger partial charge in [-0.25, -0.2) is 0 Å². The molecule has 3 aliphatic rings. The van der Waals surface area contributed by atoms with E-state index in [4.69, 9.17) is 0 Å². The van der Waals surface area contributed by atoms with Gasteiger partial charge in [-0.15, -0.1) is 0 Å². The van der Waals surface area contributed by atoms with E-state index in [1.54, 1.807) is 24.3 Å². The normalized spacial score (nSPS) is 27.0. The van der Waals surface area contributed by atoms with Gasteiger partial charge >= 0.3 is 0 Å². The first-order valence-corrected chi connectivity index (χ1v) is 8.93. The Hall–Kier alpha value is -3.44. The van der Waals surface area contributed by atoms with Crippen molar-refractivity contribution >= 4 is 17.5 Å². The summed E-state index contributed by atoms with van der Waals surface area (Å²) >= 11 is 0. The molecule has 3 aliphatic heterocycles. The zero-order valence-corrected chi connectivity index (χ0v) is 14.3. The molecule has 3 heterocycles. The molecular weight excluding hydrogens is 338 g/mol. The molecular formula is C22H15N3O2. The van der Waals surface area contributed by atoms with Crippen molar-refractivity contribution < 1.29 is 9.59 Å². The second-order valence-electron chi connectivity index (χ2n) is 7.06. The maximum Gasteiger partial charge on any atom is 0.276 e. The molecule has 1 saturated heterocycles. The summed E-state index contributed by atoms with van der Waals surface area (Å²) in [5, 5.41) is 6.77.